The summed E-state index contributed by atoms with van der Waals surface area (Å²) < 4.78 is 18.0. The summed E-state index contributed by atoms with van der Waals surface area (Å²) >= 11 is 1.50. The van der Waals surface area contributed by atoms with Crippen LogP contribution in [0.15, 0.2) is 77.8 Å². The van der Waals surface area contributed by atoms with E-state index in [0.717, 1.165) is 27.1 Å². The number of carbonyl (C=O) groups excluding carboxylic acids is 2. The number of amides is 2. The lowest BCUT2D eigenvalue weighted by Gasteiger charge is -2.08. The third-order valence-electron chi connectivity index (χ3n) is 6.03. The minimum atomic E-state index is -0.132. The first-order valence-corrected chi connectivity index (χ1v) is 12.9. The van der Waals surface area contributed by atoms with Gasteiger partial charge in [-0.2, -0.15) is 0 Å². The Hall–Kier alpha value is -4.11. The second-order valence-electron chi connectivity index (χ2n) is 8.44. The van der Waals surface area contributed by atoms with Crippen LogP contribution in [0, 0.1) is 0 Å². The lowest BCUT2D eigenvalue weighted by Crippen LogP contribution is -2.27. The van der Waals surface area contributed by atoms with Gasteiger partial charge in [-0.15, -0.1) is 11.8 Å². The summed E-state index contributed by atoms with van der Waals surface area (Å²) in [5.41, 5.74) is 2.60. The second kappa shape index (κ2) is 11.3. The average molecular weight is 518 g/mol. The van der Waals surface area contributed by atoms with Gasteiger partial charge in [0.1, 0.15) is 5.75 Å². The Morgan fingerprint density at radius 1 is 1.00 bits per heavy atom. The van der Waals surface area contributed by atoms with E-state index in [2.05, 4.69) is 21.3 Å². The Morgan fingerprint density at radius 3 is 2.65 bits per heavy atom. The quantitative estimate of drug-likeness (QED) is 0.306. The molecule has 0 atom stereocenters. The molecule has 2 heterocycles. The van der Waals surface area contributed by atoms with E-state index < -0.39 is 0 Å². The number of fused-ring (bicyclic) bond motifs is 2. The van der Waals surface area contributed by atoms with Crippen molar-refractivity contribution in [3.63, 3.8) is 0 Å². The van der Waals surface area contributed by atoms with Crippen molar-refractivity contribution in [1.29, 1.82) is 0 Å². The predicted molar refractivity (Wildman–Crippen MR) is 142 cm³/mol. The highest BCUT2D eigenvalue weighted by Gasteiger charge is 2.14. The van der Waals surface area contributed by atoms with E-state index in [1.807, 2.05) is 42.6 Å². The number of nitrogens with zero attached hydrogens (tertiary/aromatic N) is 1. The van der Waals surface area contributed by atoms with Crippen molar-refractivity contribution in [2.24, 2.45) is 0 Å². The maximum Gasteiger partial charge on any atom is 0.251 e. The summed E-state index contributed by atoms with van der Waals surface area (Å²) in [5.74, 6) is 2.25. The van der Waals surface area contributed by atoms with Gasteiger partial charge in [0.05, 0.1) is 12.9 Å². The molecule has 1 aromatic heterocycles. The highest BCUT2D eigenvalue weighted by Crippen LogP contribution is 2.33. The van der Waals surface area contributed by atoms with Crippen molar-refractivity contribution < 1.29 is 23.8 Å². The van der Waals surface area contributed by atoms with Crippen molar-refractivity contribution in [2.75, 3.05) is 26.2 Å². The fourth-order valence-electron chi connectivity index (χ4n) is 4.09. The minimum Gasteiger partial charge on any atom is -0.497 e. The molecule has 0 unspecified atom stereocenters. The number of hydrogen-bond donors (Lipinski definition) is 2. The standard InChI is InChI=1S/C28H27N3O5S/c1-34-21-9-7-20(8-10-21)28(33)29-12-13-31-16-26(22-4-2-3-5-23(22)31)37-17-27(32)30-15-19-6-11-24-25(14-19)36-18-35-24/h2-11,14,16H,12-13,15,17-18H2,1H3,(H,29,33)(H,30,32). The smallest absolute Gasteiger partial charge is 0.251 e. The van der Waals surface area contributed by atoms with Gasteiger partial charge >= 0.3 is 0 Å². The van der Waals surface area contributed by atoms with E-state index in [1.165, 1.54) is 11.8 Å². The third-order valence-corrected chi connectivity index (χ3v) is 7.07. The average Bonchev–Trinajstić information content (AvgIpc) is 3.55. The molecule has 0 spiro atoms. The molecule has 5 rings (SSSR count). The number of carbonyl (C=O) groups is 2. The van der Waals surface area contributed by atoms with Gasteiger partial charge in [0.25, 0.3) is 5.91 Å². The van der Waals surface area contributed by atoms with Crippen LogP contribution in [0.5, 0.6) is 17.2 Å². The predicted octanol–water partition coefficient (Wildman–Crippen LogP) is 4.22. The maximum atomic E-state index is 12.5. The van der Waals surface area contributed by atoms with E-state index in [9.17, 15) is 9.59 Å². The largest absolute Gasteiger partial charge is 0.497 e. The summed E-state index contributed by atoms with van der Waals surface area (Å²) in [6.07, 6.45) is 2.04. The van der Waals surface area contributed by atoms with Crippen LogP contribution in [0.2, 0.25) is 0 Å². The molecule has 0 saturated carbocycles. The molecule has 8 nitrogen and oxygen atoms in total. The van der Waals surface area contributed by atoms with Crippen LogP contribution < -0.4 is 24.8 Å². The van der Waals surface area contributed by atoms with E-state index in [0.29, 0.717) is 42.4 Å². The summed E-state index contributed by atoms with van der Waals surface area (Å²) in [5, 5.41) is 7.02. The number of para-hydroxylation sites is 1. The van der Waals surface area contributed by atoms with Gasteiger partial charge in [0, 0.05) is 47.2 Å². The van der Waals surface area contributed by atoms with Crippen LogP contribution >= 0.6 is 11.8 Å². The zero-order valence-corrected chi connectivity index (χ0v) is 21.2. The summed E-state index contributed by atoms with van der Waals surface area (Å²) in [6, 6.07) is 20.7. The van der Waals surface area contributed by atoms with Crippen LogP contribution in [0.4, 0.5) is 0 Å². The number of hydrogen-bond acceptors (Lipinski definition) is 6. The third kappa shape index (κ3) is 5.83. The van der Waals surface area contributed by atoms with Crippen LogP contribution in [0.1, 0.15) is 15.9 Å². The summed E-state index contributed by atoms with van der Waals surface area (Å²) in [4.78, 5) is 26.0. The fourth-order valence-corrected chi connectivity index (χ4v) is 5.01. The van der Waals surface area contributed by atoms with Crippen molar-refractivity contribution in [3.05, 3.63) is 84.1 Å². The molecule has 9 heteroatoms. The van der Waals surface area contributed by atoms with E-state index in [4.69, 9.17) is 14.2 Å². The molecule has 1 aliphatic heterocycles. The molecular weight excluding hydrogens is 490 g/mol. The highest BCUT2D eigenvalue weighted by molar-refractivity contribution is 8.00. The SMILES string of the molecule is COc1ccc(C(=O)NCCn2cc(SCC(=O)NCc3ccc4c(c3)OCO4)c3ccccc32)cc1. The lowest BCUT2D eigenvalue weighted by atomic mass is 10.2. The monoisotopic (exact) mass is 517 g/mol. The van der Waals surface area contributed by atoms with Crippen LogP contribution in [0.3, 0.4) is 0 Å². The molecule has 3 aromatic carbocycles. The number of rotatable bonds is 10. The lowest BCUT2D eigenvalue weighted by molar-refractivity contribution is -0.118. The molecule has 2 N–H and O–H groups in total. The van der Waals surface area contributed by atoms with Gasteiger partial charge < -0.3 is 29.4 Å². The molecule has 0 aliphatic carbocycles. The van der Waals surface area contributed by atoms with Gasteiger partial charge in [-0.05, 0) is 48.0 Å². The second-order valence-corrected chi connectivity index (χ2v) is 9.46. The zero-order chi connectivity index (χ0) is 25.6. The van der Waals surface area contributed by atoms with Crippen molar-refractivity contribution in [3.8, 4) is 17.2 Å². The minimum absolute atomic E-state index is 0.0498. The number of methoxy groups -OCH3 is 1. The van der Waals surface area contributed by atoms with Crippen molar-refractivity contribution in [2.45, 2.75) is 18.0 Å². The highest BCUT2D eigenvalue weighted by atomic mass is 32.2. The van der Waals surface area contributed by atoms with Gasteiger partial charge in [0.2, 0.25) is 12.7 Å². The molecule has 0 bridgehead atoms. The molecular formula is C28H27N3O5S. The van der Waals surface area contributed by atoms with E-state index in [1.54, 1.807) is 31.4 Å². The molecule has 190 valence electrons. The summed E-state index contributed by atoms with van der Waals surface area (Å²) in [7, 11) is 1.59. The first-order chi connectivity index (χ1) is 18.1. The number of nitrogens with one attached hydrogen (secondary N) is 2. The molecule has 1 aliphatic rings. The Labute approximate surface area is 218 Å². The summed E-state index contributed by atoms with van der Waals surface area (Å²) in [6.45, 7) is 1.74. The topological polar surface area (TPSA) is 90.8 Å². The van der Waals surface area contributed by atoms with Crippen molar-refractivity contribution in [1.82, 2.24) is 15.2 Å². The number of aromatic nitrogens is 1. The van der Waals surface area contributed by atoms with Crippen LogP contribution in [0.25, 0.3) is 10.9 Å². The van der Waals surface area contributed by atoms with Gasteiger partial charge in [-0.3, -0.25) is 9.59 Å². The number of thioether (sulfide) groups is 1. The Bertz CT molecular complexity index is 1420. The van der Waals surface area contributed by atoms with Crippen LogP contribution in [-0.2, 0) is 17.9 Å². The molecule has 0 fully saturated rings. The van der Waals surface area contributed by atoms with Crippen molar-refractivity contribution >= 4 is 34.5 Å². The molecule has 37 heavy (non-hydrogen) atoms. The zero-order valence-electron chi connectivity index (χ0n) is 20.4. The fraction of sp³-hybridized carbons (Fsp3) is 0.214. The number of benzene rings is 3. The number of ether oxygens (including phenoxy) is 3. The van der Waals surface area contributed by atoms with E-state index >= 15 is 0 Å². The van der Waals surface area contributed by atoms with Gasteiger partial charge in [-0.25, -0.2) is 0 Å². The van der Waals surface area contributed by atoms with Gasteiger partial charge in [-0.1, -0.05) is 24.3 Å². The van der Waals surface area contributed by atoms with E-state index in [-0.39, 0.29) is 18.6 Å². The molecule has 4 aromatic rings. The first kappa shape index (κ1) is 24.6. The molecule has 2 amide bonds. The van der Waals surface area contributed by atoms with Gasteiger partial charge in [0.15, 0.2) is 11.5 Å². The van der Waals surface area contributed by atoms with Crippen LogP contribution in [-0.4, -0.2) is 42.6 Å². The first-order valence-electron chi connectivity index (χ1n) is 11.9. The molecule has 0 radical (unpaired) electrons. The molecule has 0 saturated heterocycles. The normalized spacial score (nSPS) is 11.9. The Balaban J connectivity index is 1.15. The maximum absolute atomic E-state index is 12.5. The Kier molecular flexibility index (Phi) is 7.51. The Morgan fingerprint density at radius 2 is 1.81 bits per heavy atom.